The Kier molecular flexibility index (Phi) is 2.58. The molecule has 16 heavy (non-hydrogen) atoms. The Morgan fingerprint density at radius 2 is 2.06 bits per heavy atom. The number of nitrogens with one attached hydrogen (secondary N) is 1. The van der Waals surface area contributed by atoms with E-state index in [1.165, 1.54) is 12.3 Å². The van der Waals surface area contributed by atoms with E-state index in [1.807, 2.05) is 0 Å². The molecule has 0 heterocycles. The van der Waals surface area contributed by atoms with Gasteiger partial charge in [-0.3, -0.25) is 0 Å². The maximum atomic E-state index is 11.3. The van der Waals surface area contributed by atoms with Gasteiger partial charge in [-0.05, 0) is 30.5 Å². The van der Waals surface area contributed by atoms with Crippen LogP contribution in [0.4, 0.5) is 11.4 Å². The summed E-state index contributed by atoms with van der Waals surface area (Å²) in [6.45, 7) is 2.17. The summed E-state index contributed by atoms with van der Waals surface area (Å²) in [4.78, 5) is 0.263. The minimum absolute atomic E-state index is 0.263. The summed E-state index contributed by atoms with van der Waals surface area (Å²) < 4.78 is 22.6. The zero-order chi connectivity index (χ0) is 11.9. The van der Waals surface area contributed by atoms with Crippen LogP contribution in [0.15, 0.2) is 23.1 Å². The molecule has 1 aliphatic carbocycles. The van der Waals surface area contributed by atoms with Crippen molar-refractivity contribution in [3.05, 3.63) is 18.2 Å². The van der Waals surface area contributed by atoms with Crippen molar-refractivity contribution in [3.63, 3.8) is 0 Å². The van der Waals surface area contributed by atoms with Gasteiger partial charge in [-0.1, -0.05) is 6.92 Å². The first-order valence-electron chi connectivity index (χ1n) is 5.24. The van der Waals surface area contributed by atoms with Gasteiger partial charge in [-0.25, -0.2) is 8.42 Å². The van der Waals surface area contributed by atoms with Crippen molar-refractivity contribution < 1.29 is 8.42 Å². The number of hydrogen-bond acceptors (Lipinski definition) is 4. The maximum absolute atomic E-state index is 11.3. The van der Waals surface area contributed by atoms with E-state index in [-0.39, 0.29) is 4.90 Å². The van der Waals surface area contributed by atoms with E-state index in [2.05, 4.69) is 12.2 Å². The summed E-state index contributed by atoms with van der Waals surface area (Å²) in [6, 6.07) is 5.30. The van der Waals surface area contributed by atoms with Crippen LogP contribution in [0, 0.1) is 5.92 Å². The number of rotatable bonds is 3. The molecule has 1 aromatic carbocycles. The average Bonchev–Trinajstić information content (AvgIpc) is 2.84. The van der Waals surface area contributed by atoms with Gasteiger partial charge in [-0.2, -0.15) is 0 Å². The summed E-state index contributed by atoms with van der Waals surface area (Å²) in [7, 11) is -3.17. The number of benzene rings is 1. The van der Waals surface area contributed by atoms with E-state index in [0.29, 0.717) is 17.6 Å². The fourth-order valence-corrected chi connectivity index (χ4v) is 2.28. The fraction of sp³-hybridized carbons (Fsp3) is 0.455. The average molecular weight is 240 g/mol. The smallest absolute Gasteiger partial charge is 0.175 e. The molecule has 1 fully saturated rings. The van der Waals surface area contributed by atoms with Crippen molar-refractivity contribution >= 4 is 21.2 Å². The van der Waals surface area contributed by atoms with Gasteiger partial charge in [0.1, 0.15) is 0 Å². The second kappa shape index (κ2) is 3.66. The van der Waals surface area contributed by atoms with E-state index in [4.69, 9.17) is 5.73 Å². The Morgan fingerprint density at radius 1 is 1.44 bits per heavy atom. The van der Waals surface area contributed by atoms with Gasteiger partial charge in [0.15, 0.2) is 9.84 Å². The molecule has 0 saturated heterocycles. The van der Waals surface area contributed by atoms with Gasteiger partial charge in [0.05, 0.1) is 16.3 Å². The van der Waals surface area contributed by atoms with Crippen molar-refractivity contribution in [2.24, 2.45) is 5.92 Å². The van der Waals surface area contributed by atoms with Crippen molar-refractivity contribution in [3.8, 4) is 0 Å². The fourth-order valence-electron chi connectivity index (χ4n) is 1.63. The third kappa shape index (κ3) is 2.29. The number of nitrogens with two attached hydrogens (primary N) is 1. The first-order valence-corrected chi connectivity index (χ1v) is 7.13. The molecule has 0 bridgehead atoms. The lowest BCUT2D eigenvalue weighted by Gasteiger charge is -2.09. The lowest BCUT2D eigenvalue weighted by molar-refractivity contribution is 0.602. The molecule has 5 heteroatoms. The molecule has 0 aliphatic heterocycles. The predicted molar refractivity (Wildman–Crippen MR) is 65.2 cm³/mol. The molecule has 0 amide bonds. The summed E-state index contributed by atoms with van der Waals surface area (Å²) in [5.41, 5.74) is 7.12. The lowest BCUT2D eigenvalue weighted by Crippen LogP contribution is -2.07. The van der Waals surface area contributed by atoms with E-state index < -0.39 is 9.84 Å². The van der Waals surface area contributed by atoms with Crippen molar-refractivity contribution in [1.29, 1.82) is 0 Å². The van der Waals surface area contributed by atoms with Crippen molar-refractivity contribution in [2.45, 2.75) is 24.3 Å². The highest BCUT2D eigenvalue weighted by atomic mass is 32.2. The molecule has 2 unspecified atom stereocenters. The molecule has 0 spiro atoms. The number of nitrogen functional groups attached to an aromatic ring is 1. The Labute approximate surface area is 95.8 Å². The molecule has 2 rings (SSSR count). The van der Waals surface area contributed by atoms with E-state index in [0.717, 1.165) is 12.1 Å². The molecule has 0 aromatic heterocycles. The van der Waals surface area contributed by atoms with E-state index >= 15 is 0 Å². The van der Waals surface area contributed by atoms with Crippen molar-refractivity contribution in [2.75, 3.05) is 17.3 Å². The minimum Gasteiger partial charge on any atom is -0.397 e. The summed E-state index contributed by atoms with van der Waals surface area (Å²) >= 11 is 0. The van der Waals surface area contributed by atoms with Crippen LogP contribution in [0.3, 0.4) is 0 Å². The molecule has 4 nitrogen and oxygen atoms in total. The summed E-state index contributed by atoms with van der Waals surface area (Å²) in [6.07, 6.45) is 2.32. The molecule has 0 radical (unpaired) electrons. The Balaban J connectivity index is 2.23. The molecule has 1 aromatic rings. The lowest BCUT2D eigenvalue weighted by atomic mass is 10.2. The second-order valence-electron chi connectivity index (χ2n) is 4.49. The highest BCUT2D eigenvalue weighted by Crippen LogP contribution is 2.34. The van der Waals surface area contributed by atoms with Crippen LogP contribution in [-0.2, 0) is 9.84 Å². The molecular weight excluding hydrogens is 224 g/mol. The van der Waals surface area contributed by atoms with Gasteiger partial charge in [-0.15, -0.1) is 0 Å². The standard InChI is InChI=1S/C11H16N2O2S/c1-7-5-11(7)13-10-4-3-8(6-9(10)12)16(2,14)15/h3-4,6-7,11,13H,5,12H2,1-2H3. The monoisotopic (exact) mass is 240 g/mol. The first-order chi connectivity index (χ1) is 7.38. The molecule has 88 valence electrons. The Hall–Kier alpha value is -1.23. The second-order valence-corrected chi connectivity index (χ2v) is 6.50. The molecule has 3 N–H and O–H groups in total. The number of sulfone groups is 1. The number of hydrogen-bond donors (Lipinski definition) is 2. The van der Waals surface area contributed by atoms with Gasteiger partial charge >= 0.3 is 0 Å². The first kappa shape index (κ1) is 11.3. The Bertz CT molecular complexity index is 511. The highest BCUT2D eigenvalue weighted by molar-refractivity contribution is 7.90. The molecular formula is C11H16N2O2S. The van der Waals surface area contributed by atoms with Crippen LogP contribution in [-0.4, -0.2) is 20.7 Å². The minimum atomic E-state index is -3.17. The summed E-state index contributed by atoms with van der Waals surface area (Å²) in [5.74, 6) is 0.675. The molecule has 1 saturated carbocycles. The van der Waals surface area contributed by atoms with Crippen LogP contribution in [0.1, 0.15) is 13.3 Å². The third-order valence-corrected chi connectivity index (χ3v) is 4.01. The van der Waals surface area contributed by atoms with E-state index in [1.54, 1.807) is 12.1 Å². The largest absolute Gasteiger partial charge is 0.397 e. The van der Waals surface area contributed by atoms with Crippen LogP contribution < -0.4 is 11.1 Å². The quantitative estimate of drug-likeness (QED) is 0.785. The maximum Gasteiger partial charge on any atom is 0.175 e. The van der Waals surface area contributed by atoms with Crippen LogP contribution in [0.25, 0.3) is 0 Å². The summed E-state index contributed by atoms with van der Waals surface area (Å²) in [5, 5.41) is 3.29. The van der Waals surface area contributed by atoms with Crippen LogP contribution >= 0.6 is 0 Å². The van der Waals surface area contributed by atoms with Gasteiger partial charge in [0.25, 0.3) is 0 Å². The van der Waals surface area contributed by atoms with E-state index in [9.17, 15) is 8.42 Å². The van der Waals surface area contributed by atoms with Crippen LogP contribution in [0.2, 0.25) is 0 Å². The third-order valence-electron chi connectivity index (χ3n) is 2.90. The number of anilines is 2. The Morgan fingerprint density at radius 3 is 2.50 bits per heavy atom. The normalized spacial score (nSPS) is 24.1. The highest BCUT2D eigenvalue weighted by Gasteiger charge is 2.32. The predicted octanol–water partition coefficient (Wildman–Crippen LogP) is 1.49. The SMILES string of the molecule is CC1CC1Nc1ccc(S(C)(=O)=O)cc1N. The van der Waals surface area contributed by atoms with Gasteiger partial charge in [0, 0.05) is 12.3 Å². The molecule has 2 atom stereocenters. The molecule has 1 aliphatic rings. The van der Waals surface area contributed by atoms with Crippen molar-refractivity contribution in [1.82, 2.24) is 0 Å². The van der Waals surface area contributed by atoms with Crippen LogP contribution in [0.5, 0.6) is 0 Å². The zero-order valence-corrected chi connectivity index (χ0v) is 10.2. The van der Waals surface area contributed by atoms with Gasteiger partial charge < -0.3 is 11.1 Å². The van der Waals surface area contributed by atoms with Gasteiger partial charge in [0.2, 0.25) is 0 Å². The topological polar surface area (TPSA) is 72.2 Å². The zero-order valence-electron chi connectivity index (χ0n) is 9.40.